The highest BCUT2D eigenvalue weighted by Crippen LogP contribution is 2.19. The summed E-state index contributed by atoms with van der Waals surface area (Å²) in [7, 11) is 1.81. The van der Waals surface area contributed by atoms with Crippen molar-refractivity contribution in [2.45, 2.75) is 19.8 Å². The van der Waals surface area contributed by atoms with Crippen LogP contribution in [0.5, 0.6) is 5.75 Å². The molecule has 2 rings (SSSR count). The van der Waals surface area contributed by atoms with Crippen LogP contribution in [0.3, 0.4) is 0 Å². The molecule has 24 heavy (non-hydrogen) atoms. The molecule has 0 fully saturated rings. The van der Waals surface area contributed by atoms with Crippen molar-refractivity contribution in [3.05, 3.63) is 66.0 Å². The number of carbonyl (C=O) groups excluding carboxylic acids is 1. The lowest BCUT2D eigenvalue weighted by Crippen LogP contribution is -2.27. The first kappa shape index (κ1) is 17.7. The number of nitrogens with zero attached hydrogens (tertiary/aromatic N) is 2. The first-order valence-corrected chi connectivity index (χ1v) is 8.24. The summed E-state index contributed by atoms with van der Waals surface area (Å²) in [5.41, 5.74) is 2.09. The van der Waals surface area contributed by atoms with E-state index in [4.69, 9.17) is 4.74 Å². The summed E-state index contributed by atoms with van der Waals surface area (Å²) in [5.74, 6) is 0.789. The molecule has 4 heteroatoms. The first-order valence-electron chi connectivity index (χ1n) is 8.24. The van der Waals surface area contributed by atoms with E-state index < -0.39 is 0 Å². The molecule has 0 radical (unpaired) electrons. The molecule has 0 aliphatic carbocycles. The number of aromatic nitrogens is 1. The Morgan fingerprint density at radius 3 is 2.71 bits per heavy atom. The molecule has 126 valence electrons. The van der Waals surface area contributed by atoms with E-state index in [0.29, 0.717) is 13.2 Å². The van der Waals surface area contributed by atoms with Crippen molar-refractivity contribution in [3.8, 4) is 5.75 Å². The van der Waals surface area contributed by atoms with Gasteiger partial charge in [0.1, 0.15) is 5.75 Å². The number of amides is 1. The Balaban J connectivity index is 1.92. The molecule has 0 atom stereocenters. The van der Waals surface area contributed by atoms with Crippen LogP contribution in [0.25, 0.3) is 6.08 Å². The van der Waals surface area contributed by atoms with Crippen molar-refractivity contribution in [1.82, 2.24) is 9.88 Å². The second-order valence-electron chi connectivity index (χ2n) is 5.58. The van der Waals surface area contributed by atoms with Gasteiger partial charge < -0.3 is 9.64 Å². The molecule has 1 aromatic heterocycles. The van der Waals surface area contributed by atoms with Gasteiger partial charge in [-0.1, -0.05) is 25.1 Å². The van der Waals surface area contributed by atoms with Crippen LogP contribution < -0.4 is 4.74 Å². The zero-order valence-corrected chi connectivity index (χ0v) is 14.3. The summed E-state index contributed by atoms with van der Waals surface area (Å²) < 4.78 is 5.70. The van der Waals surface area contributed by atoms with Gasteiger partial charge in [-0.05, 0) is 42.7 Å². The topological polar surface area (TPSA) is 42.4 Å². The van der Waals surface area contributed by atoms with Crippen molar-refractivity contribution in [2.24, 2.45) is 0 Å². The number of benzene rings is 1. The number of carbonyl (C=O) groups is 1. The molecule has 1 heterocycles. The number of hydrogen-bond donors (Lipinski definition) is 0. The van der Waals surface area contributed by atoms with Gasteiger partial charge in [0.15, 0.2) is 0 Å². The molecule has 0 bridgehead atoms. The maximum absolute atomic E-state index is 12.2. The lowest BCUT2D eigenvalue weighted by molar-refractivity contribution is -0.124. The van der Waals surface area contributed by atoms with Gasteiger partial charge in [-0.25, -0.2) is 0 Å². The fourth-order valence-corrected chi connectivity index (χ4v) is 2.21. The second kappa shape index (κ2) is 9.50. The van der Waals surface area contributed by atoms with Crippen LogP contribution in [0.2, 0.25) is 0 Å². The van der Waals surface area contributed by atoms with Crippen molar-refractivity contribution in [2.75, 3.05) is 20.2 Å². The maximum atomic E-state index is 12.2. The molecule has 0 saturated heterocycles. The maximum Gasteiger partial charge on any atom is 0.246 e. The fourth-order valence-electron chi connectivity index (χ4n) is 2.21. The number of para-hydroxylation sites is 1. The van der Waals surface area contributed by atoms with E-state index in [-0.39, 0.29) is 5.91 Å². The minimum atomic E-state index is -0.0191. The SMILES string of the molecule is CCCOc1ccccc1/C=C/C(=O)N(C)CCc1ccncc1. The van der Waals surface area contributed by atoms with Gasteiger partial charge in [0, 0.05) is 37.6 Å². The van der Waals surface area contributed by atoms with E-state index in [1.807, 2.05) is 49.5 Å². The molecule has 0 aliphatic heterocycles. The number of rotatable bonds is 8. The minimum absolute atomic E-state index is 0.0191. The lowest BCUT2D eigenvalue weighted by atomic mass is 10.1. The van der Waals surface area contributed by atoms with E-state index in [1.165, 1.54) is 5.56 Å². The van der Waals surface area contributed by atoms with Gasteiger partial charge >= 0.3 is 0 Å². The molecule has 0 N–H and O–H groups in total. The zero-order valence-electron chi connectivity index (χ0n) is 14.3. The molecule has 0 saturated carbocycles. The van der Waals surface area contributed by atoms with Gasteiger partial charge in [0.05, 0.1) is 6.61 Å². The van der Waals surface area contributed by atoms with Crippen LogP contribution >= 0.6 is 0 Å². The average Bonchev–Trinajstić information content (AvgIpc) is 2.63. The second-order valence-corrected chi connectivity index (χ2v) is 5.58. The van der Waals surface area contributed by atoms with E-state index in [9.17, 15) is 4.79 Å². The first-order chi connectivity index (χ1) is 11.7. The van der Waals surface area contributed by atoms with Crippen LogP contribution in [0.1, 0.15) is 24.5 Å². The third-order valence-electron chi connectivity index (χ3n) is 3.65. The summed E-state index contributed by atoms with van der Waals surface area (Å²) in [6, 6.07) is 11.7. The molecular weight excluding hydrogens is 300 g/mol. The van der Waals surface area contributed by atoms with E-state index in [2.05, 4.69) is 11.9 Å². The molecular formula is C20H24N2O2. The van der Waals surface area contributed by atoms with Gasteiger partial charge in [0.2, 0.25) is 5.91 Å². The molecule has 1 aromatic carbocycles. The molecule has 0 spiro atoms. The van der Waals surface area contributed by atoms with Crippen molar-refractivity contribution in [3.63, 3.8) is 0 Å². The van der Waals surface area contributed by atoms with E-state index in [1.54, 1.807) is 23.4 Å². The van der Waals surface area contributed by atoms with Gasteiger partial charge in [-0.15, -0.1) is 0 Å². The number of pyridine rings is 1. The Hall–Kier alpha value is -2.62. The van der Waals surface area contributed by atoms with Crippen molar-refractivity contribution < 1.29 is 9.53 Å². The summed E-state index contributed by atoms with van der Waals surface area (Å²) in [6.45, 7) is 3.41. The van der Waals surface area contributed by atoms with Crippen LogP contribution in [0.4, 0.5) is 0 Å². The summed E-state index contributed by atoms with van der Waals surface area (Å²) >= 11 is 0. The summed E-state index contributed by atoms with van der Waals surface area (Å²) in [6.07, 6.45) is 8.72. The molecule has 4 nitrogen and oxygen atoms in total. The summed E-state index contributed by atoms with van der Waals surface area (Å²) in [4.78, 5) is 18.0. The van der Waals surface area contributed by atoms with Crippen LogP contribution in [-0.4, -0.2) is 36.0 Å². The number of hydrogen-bond acceptors (Lipinski definition) is 3. The Kier molecular flexibility index (Phi) is 7.02. The van der Waals surface area contributed by atoms with E-state index in [0.717, 1.165) is 24.2 Å². The molecule has 0 aliphatic rings. The molecule has 2 aromatic rings. The normalized spacial score (nSPS) is 10.8. The Morgan fingerprint density at radius 1 is 1.21 bits per heavy atom. The standard InChI is InChI=1S/C20H24N2O2/c1-3-16-24-19-7-5-4-6-18(19)8-9-20(23)22(2)15-12-17-10-13-21-14-11-17/h4-11,13-14H,3,12,15-16H2,1-2H3/b9-8+. The predicted molar refractivity (Wildman–Crippen MR) is 96.8 cm³/mol. The average molecular weight is 324 g/mol. The highest BCUT2D eigenvalue weighted by Gasteiger charge is 2.06. The lowest BCUT2D eigenvalue weighted by Gasteiger charge is -2.15. The summed E-state index contributed by atoms with van der Waals surface area (Å²) in [5, 5.41) is 0. The Morgan fingerprint density at radius 2 is 1.96 bits per heavy atom. The minimum Gasteiger partial charge on any atom is -0.493 e. The van der Waals surface area contributed by atoms with Crippen LogP contribution in [-0.2, 0) is 11.2 Å². The van der Waals surface area contributed by atoms with Crippen molar-refractivity contribution >= 4 is 12.0 Å². The highest BCUT2D eigenvalue weighted by atomic mass is 16.5. The molecule has 1 amide bonds. The van der Waals surface area contributed by atoms with E-state index >= 15 is 0 Å². The number of ether oxygens (including phenoxy) is 1. The third-order valence-corrected chi connectivity index (χ3v) is 3.65. The van der Waals surface area contributed by atoms with Gasteiger partial charge in [-0.3, -0.25) is 9.78 Å². The fraction of sp³-hybridized carbons (Fsp3) is 0.300. The largest absolute Gasteiger partial charge is 0.493 e. The van der Waals surface area contributed by atoms with Crippen molar-refractivity contribution in [1.29, 1.82) is 0 Å². The zero-order chi connectivity index (χ0) is 17.2. The monoisotopic (exact) mass is 324 g/mol. The molecule has 0 unspecified atom stereocenters. The Bertz CT molecular complexity index is 668. The van der Waals surface area contributed by atoms with Crippen LogP contribution in [0.15, 0.2) is 54.9 Å². The predicted octanol–water partition coefficient (Wildman–Crippen LogP) is 3.58. The van der Waals surface area contributed by atoms with Gasteiger partial charge in [-0.2, -0.15) is 0 Å². The van der Waals surface area contributed by atoms with Gasteiger partial charge in [0.25, 0.3) is 0 Å². The Labute approximate surface area is 143 Å². The number of likely N-dealkylation sites (N-methyl/N-ethyl adjacent to an activating group) is 1. The highest BCUT2D eigenvalue weighted by molar-refractivity contribution is 5.92. The third kappa shape index (κ3) is 5.54. The van der Waals surface area contributed by atoms with Crippen LogP contribution in [0, 0.1) is 0 Å². The smallest absolute Gasteiger partial charge is 0.246 e. The quantitative estimate of drug-likeness (QED) is 0.697.